The van der Waals surface area contributed by atoms with Crippen LogP contribution in [0.1, 0.15) is 22.4 Å². The van der Waals surface area contributed by atoms with Crippen LogP contribution in [-0.2, 0) is 26.1 Å². The van der Waals surface area contributed by atoms with Gasteiger partial charge in [0.2, 0.25) is 5.91 Å². The highest BCUT2D eigenvalue weighted by atomic mass is 32.2. The Hall–Kier alpha value is -3.19. The van der Waals surface area contributed by atoms with Crippen molar-refractivity contribution >= 4 is 27.6 Å². The van der Waals surface area contributed by atoms with E-state index in [1.807, 2.05) is 61.5 Å². The molecule has 28 heavy (non-hydrogen) atoms. The number of carbonyl (C=O) groups is 1. The minimum absolute atomic E-state index is 0.107. The maximum absolute atomic E-state index is 12.5. The lowest BCUT2D eigenvalue weighted by atomic mass is 10.2. The molecule has 142 valence electrons. The van der Waals surface area contributed by atoms with E-state index in [0.29, 0.717) is 17.1 Å². The molecule has 0 atom stereocenters. The summed E-state index contributed by atoms with van der Waals surface area (Å²) in [5, 5.41) is 7.28. The molecule has 2 aromatic carbocycles. The third kappa shape index (κ3) is 3.75. The highest BCUT2D eigenvalue weighted by molar-refractivity contribution is 7.90. The summed E-state index contributed by atoms with van der Waals surface area (Å²) in [5.74, 6) is -0.164. The van der Waals surface area contributed by atoms with Crippen LogP contribution < -0.4 is 5.32 Å². The maximum Gasteiger partial charge on any atom is 0.249 e. The molecule has 7 heteroatoms. The van der Waals surface area contributed by atoms with Crippen molar-refractivity contribution in [1.29, 1.82) is 0 Å². The van der Waals surface area contributed by atoms with Crippen molar-refractivity contribution < 1.29 is 13.2 Å². The van der Waals surface area contributed by atoms with E-state index >= 15 is 0 Å². The molecule has 4 rings (SSSR count). The summed E-state index contributed by atoms with van der Waals surface area (Å²) in [6, 6.07) is 17.1. The molecule has 1 aliphatic rings. The van der Waals surface area contributed by atoms with Gasteiger partial charge in [0, 0.05) is 11.6 Å². The number of anilines is 1. The van der Waals surface area contributed by atoms with Crippen LogP contribution >= 0.6 is 0 Å². The van der Waals surface area contributed by atoms with Crippen molar-refractivity contribution in [3.05, 3.63) is 83.1 Å². The summed E-state index contributed by atoms with van der Waals surface area (Å²) in [4.78, 5) is 12.5. The zero-order valence-corrected chi connectivity index (χ0v) is 16.1. The first kappa shape index (κ1) is 18.2. The largest absolute Gasteiger partial charge is 0.307 e. The van der Waals surface area contributed by atoms with E-state index in [4.69, 9.17) is 0 Å². The van der Waals surface area contributed by atoms with Gasteiger partial charge in [-0.15, -0.1) is 0 Å². The van der Waals surface area contributed by atoms with Crippen molar-refractivity contribution in [2.45, 2.75) is 18.4 Å². The van der Waals surface area contributed by atoms with E-state index in [2.05, 4.69) is 10.4 Å². The van der Waals surface area contributed by atoms with Gasteiger partial charge < -0.3 is 5.32 Å². The third-order valence-corrected chi connectivity index (χ3v) is 5.98. The van der Waals surface area contributed by atoms with Gasteiger partial charge in [-0.2, -0.15) is 5.10 Å². The Kier molecular flexibility index (Phi) is 4.60. The molecule has 1 aliphatic heterocycles. The second kappa shape index (κ2) is 7.09. The Morgan fingerprint density at radius 3 is 2.50 bits per heavy atom. The summed E-state index contributed by atoms with van der Waals surface area (Å²) in [6.45, 7) is 1.98. The van der Waals surface area contributed by atoms with E-state index in [1.165, 1.54) is 6.08 Å². The molecule has 1 N–H and O–H groups in total. The van der Waals surface area contributed by atoms with E-state index in [0.717, 1.165) is 16.8 Å². The van der Waals surface area contributed by atoms with Crippen LogP contribution in [0.5, 0.6) is 0 Å². The molecule has 0 bridgehead atoms. The quantitative estimate of drug-likeness (QED) is 0.690. The lowest BCUT2D eigenvalue weighted by Gasteiger charge is -2.10. The van der Waals surface area contributed by atoms with Gasteiger partial charge in [-0.05, 0) is 30.7 Å². The number of aryl methyl sites for hydroxylation is 1. The first-order valence-corrected chi connectivity index (χ1v) is 10.7. The molecule has 0 unspecified atom stereocenters. The van der Waals surface area contributed by atoms with Gasteiger partial charge in [-0.1, -0.05) is 48.0 Å². The summed E-state index contributed by atoms with van der Waals surface area (Å²) in [5.41, 5.74) is 3.81. The number of hydrogen-bond donors (Lipinski definition) is 1. The lowest BCUT2D eigenvalue weighted by molar-refractivity contribution is -0.111. The summed E-state index contributed by atoms with van der Waals surface area (Å²) >= 11 is 0. The minimum Gasteiger partial charge on any atom is -0.307 e. The van der Waals surface area contributed by atoms with Crippen LogP contribution in [0, 0.1) is 6.92 Å². The zero-order valence-electron chi connectivity index (χ0n) is 15.3. The second-order valence-corrected chi connectivity index (χ2v) is 8.85. The van der Waals surface area contributed by atoms with Gasteiger partial charge in [0.1, 0.15) is 5.82 Å². The Balaban J connectivity index is 1.68. The summed E-state index contributed by atoms with van der Waals surface area (Å²) in [6.07, 6.45) is 3.14. The number of fused-ring (bicyclic) bond motifs is 1. The normalized spacial score (nSPS) is 14.9. The predicted molar refractivity (Wildman–Crippen MR) is 109 cm³/mol. The van der Waals surface area contributed by atoms with Crippen LogP contribution in [-0.4, -0.2) is 24.1 Å². The molecule has 1 aromatic heterocycles. The van der Waals surface area contributed by atoms with E-state index in [1.54, 1.807) is 10.8 Å². The van der Waals surface area contributed by atoms with Crippen LogP contribution in [0.15, 0.2) is 60.7 Å². The highest BCUT2D eigenvalue weighted by Gasteiger charge is 2.33. The van der Waals surface area contributed by atoms with Crippen molar-refractivity contribution in [3.8, 4) is 5.69 Å². The van der Waals surface area contributed by atoms with Crippen LogP contribution in [0.3, 0.4) is 0 Å². The molecule has 0 fully saturated rings. The van der Waals surface area contributed by atoms with Crippen molar-refractivity contribution in [2.24, 2.45) is 0 Å². The Labute approximate surface area is 163 Å². The van der Waals surface area contributed by atoms with Crippen LogP contribution in [0.25, 0.3) is 11.8 Å². The number of rotatable bonds is 4. The number of nitrogens with zero attached hydrogens (tertiary/aromatic N) is 2. The van der Waals surface area contributed by atoms with E-state index < -0.39 is 9.84 Å². The Bertz CT molecular complexity index is 1160. The van der Waals surface area contributed by atoms with Crippen LogP contribution in [0.2, 0.25) is 0 Å². The number of aromatic nitrogens is 2. The maximum atomic E-state index is 12.5. The Morgan fingerprint density at radius 2 is 1.79 bits per heavy atom. The smallest absolute Gasteiger partial charge is 0.249 e. The number of hydrogen-bond acceptors (Lipinski definition) is 4. The molecule has 1 amide bonds. The summed E-state index contributed by atoms with van der Waals surface area (Å²) < 4.78 is 25.6. The fraction of sp³-hybridized carbons (Fsp3) is 0.143. The second-order valence-electron chi connectivity index (χ2n) is 6.79. The van der Waals surface area contributed by atoms with Gasteiger partial charge in [0.25, 0.3) is 0 Å². The predicted octanol–water partition coefficient (Wildman–Crippen LogP) is 3.26. The molecule has 0 saturated heterocycles. The first-order valence-electron chi connectivity index (χ1n) is 8.84. The third-order valence-electron chi connectivity index (χ3n) is 4.53. The van der Waals surface area contributed by atoms with Gasteiger partial charge >= 0.3 is 0 Å². The topological polar surface area (TPSA) is 81.1 Å². The molecule has 0 aliphatic carbocycles. The van der Waals surface area contributed by atoms with E-state index in [-0.39, 0.29) is 17.4 Å². The molecular weight excluding hydrogens is 374 g/mol. The number of nitrogens with one attached hydrogen (secondary N) is 1. The number of sulfone groups is 1. The van der Waals surface area contributed by atoms with Crippen molar-refractivity contribution in [3.63, 3.8) is 0 Å². The number of amides is 1. The molecule has 2 heterocycles. The molecule has 0 radical (unpaired) electrons. The SMILES string of the molecule is Cc1ccc(-n2nc3c(c2NC(=O)/C=C/c2ccccc2)CS(=O)(=O)C3)cc1. The fourth-order valence-corrected chi connectivity index (χ4v) is 4.63. The van der Waals surface area contributed by atoms with Gasteiger partial charge in [0.05, 0.1) is 22.9 Å². The zero-order chi connectivity index (χ0) is 19.7. The van der Waals surface area contributed by atoms with Gasteiger partial charge in [-0.25, -0.2) is 13.1 Å². The standard InChI is InChI=1S/C21H19N3O3S/c1-15-7-10-17(11-8-15)24-21(18-13-28(26,27)14-19(18)23-24)22-20(25)12-9-16-5-3-2-4-6-16/h2-12H,13-14H2,1H3,(H,22,25)/b12-9+. The monoisotopic (exact) mass is 393 g/mol. The first-order chi connectivity index (χ1) is 13.4. The number of benzene rings is 2. The average molecular weight is 393 g/mol. The molecule has 0 saturated carbocycles. The number of carbonyl (C=O) groups excluding carboxylic acids is 1. The highest BCUT2D eigenvalue weighted by Crippen LogP contribution is 2.33. The van der Waals surface area contributed by atoms with Crippen molar-refractivity contribution in [1.82, 2.24) is 9.78 Å². The fourth-order valence-electron chi connectivity index (χ4n) is 3.14. The minimum atomic E-state index is -3.23. The molecule has 0 spiro atoms. The molecular formula is C21H19N3O3S. The lowest BCUT2D eigenvalue weighted by Crippen LogP contribution is -2.14. The summed E-state index contributed by atoms with van der Waals surface area (Å²) in [7, 11) is -3.23. The van der Waals surface area contributed by atoms with E-state index in [9.17, 15) is 13.2 Å². The van der Waals surface area contributed by atoms with Crippen molar-refractivity contribution in [2.75, 3.05) is 5.32 Å². The Morgan fingerprint density at radius 1 is 1.07 bits per heavy atom. The van der Waals surface area contributed by atoms with Crippen LogP contribution in [0.4, 0.5) is 5.82 Å². The van der Waals surface area contributed by atoms with Gasteiger partial charge in [0.15, 0.2) is 9.84 Å². The van der Waals surface area contributed by atoms with Gasteiger partial charge in [-0.3, -0.25) is 4.79 Å². The average Bonchev–Trinajstić information content (AvgIpc) is 3.14. The molecule has 6 nitrogen and oxygen atoms in total. The molecule has 3 aromatic rings.